The zero-order chi connectivity index (χ0) is 15.6. The van der Waals surface area contributed by atoms with Gasteiger partial charge in [-0.2, -0.15) is 13.2 Å². The molecule has 0 N–H and O–H groups in total. The Balaban J connectivity index is 2.36. The van der Waals surface area contributed by atoms with Crippen LogP contribution in [0.15, 0.2) is 36.4 Å². The Morgan fingerprint density at radius 2 is 1.86 bits per heavy atom. The van der Waals surface area contributed by atoms with Crippen molar-refractivity contribution in [1.82, 2.24) is 0 Å². The average molecular weight is 384 g/mol. The van der Waals surface area contributed by atoms with Crippen molar-refractivity contribution < 1.29 is 22.3 Å². The highest BCUT2D eigenvalue weighted by Crippen LogP contribution is 2.38. The lowest BCUT2D eigenvalue weighted by atomic mass is 10.2. The highest BCUT2D eigenvalue weighted by molar-refractivity contribution is 9.08. The zero-order valence-electron chi connectivity index (χ0n) is 10.3. The first kappa shape index (κ1) is 16.1. The Kier molecular flexibility index (Phi) is 4.78. The summed E-state index contributed by atoms with van der Waals surface area (Å²) in [6.45, 7) is 0. The molecular formula is C14H8BrClF4O. The fourth-order valence-electron chi connectivity index (χ4n) is 1.63. The van der Waals surface area contributed by atoms with Gasteiger partial charge in [-0.05, 0) is 29.8 Å². The smallest absolute Gasteiger partial charge is 0.416 e. The summed E-state index contributed by atoms with van der Waals surface area (Å²) in [7, 11) is 0. The molecule has 0 aliphatic carbocycles. The van der Waals surface area contributed by atoms with Gasteiger partial charge in [-0.25, -0.2) is 4.39 Å². The second kappa shape index (κ2) is 6.23. The molecule has 2 aromatic rings. The molecule has 0 radical (unpaired) electrons. The topological polar surface area (TPSA) is 9.23 Å². The van der Waals surface area contributed by atoms with E-state index in [0.717, 1.165) is 5.56 Å². The van der Waals surface area contributed by atoms with Crippen LogP contribution in [0.1, 0.15) is 11.1 Å². The lowest BCUT2D eigenvalue weighted by molar-refractivity contribution is -0.137. The molecule has 0 aromatic heterocycles. The minimum absolute atomic E-state index is 0.285. The quantitative estimate of drug-likeness (QED) is 0.454. The van der Waals surface area contributed by atoms with E-state index in [1.807, 2.05) is 6.07 Å². The van der Waals surface area contributed by atoms with Crippen LogP contribution in [0, 0.1) is 5.82 Å². The molecule has 112 valence electrons. The third kappa shape index (κ3) is 3.89. The van der Waals surface area contributed by atoms with E-state index in [2.05, 4.69) is 15.9 Å². The number of hydrogen-bond donors (Lipinski definition) is 0. The molecule has 1 nitrogen and oxygen atoms in total. The van der Waals surface area contributed by atoms with Gasteiger partial charge in [0.15, 0.2) is 11.6 Å². The Bertz CT molecular complexity index is 635. The van der Waals surface area contributed by atoms with E-state index in [4.69, 9.17) is 16.3 Å². The van der Waals surface area contributed by atoms with Gasteiger partial charge < -0.3 is 4.74 Å². The first-order valence-electron chi connectivity index (χ1n) is 5.70. The fraction of sp³-hybridized carbons (Fsp3) is 0.143. The predicted octanol–water partition coefficient (Wildman–Crippen LogP) is 6.19. The summed E-state index contributed by atoms with van der Waals surface area (Å²) in [4.78, 5) is 0. The lowest BCUT2D eigenvalue weighted by Crippen LogP contribution is -2.06. The summed E-state index contributed by atoms with van der Waals surface area (Å²) in [6, 6.07) is 7.67. The van der Waals surface area contributed by atoms with Crippen LogP contribution in [0.25, 0.3) is 0 Å². The number of halogens is 6. The Labute approximate surface area is 131 Å². The summed E-state index contributed by atoms with van der Waals surface area (Å²) < 4.78 is 56.6. The van der Waals surface area contributed by atoms with Gasteiger partial charge in [-0.1, -0.05) is 39.7 Å². The lowest BCUT2D eigenvalue weighted by Gasteiger charge is -2.12. The Morgan fingerprint density at radius 1 is 1.14 bits per heavy atom. The Morgan fingerprint density at radius 3 is 2.43 bits per heavy atom. The first-order valence-corrected chi connectivity index (χ1v) is 7.20. The molecule has 0 atom stereocenters. The monoisotopic (exact) mass is 382 g/mol. The second-order valence-corrected chi connectivity index (χ2v) is 5.12. The largest absolute Gasteiger partial charge is 0.453 e. The van der Waals surface area contributed by atoms with Gasteiger partial charge in [-0.3, -0.25) is 0 Å². The standard InChI is InChI=1S/C14H8BrClF4O/c15-7-8-2-1-3-10(4-8)21-13-11(16)5-9(6-12(13)17)14(18,19)20/h1-6H,7H2. The van der Waals surface area contributed by atoms with Crippen LogP contribution in [-0.4, -0.2) is 0 Å². The van der Waals surface area contributed by atoms with Gasteiger partial charge in [0.1, 0.15) is 5.75 Å². The van der Waals surface area contributed by atoms with Gasteiger partial charge in [0.05, 0.1) is 10.6 Å². The van der Waals surface area contributed by atoms with Crippen molar-refractivity contribution in [1.29, 1.82) is 0 Å². The molecule has 0 saturated carbocycles. The molecule has 0 bridgehead atoms. The predicted molar refractivity (Wildman–Crippen MR) is 75.6 cm³/mol. The third-order valence-electron chi connectivity index (χ3n) is 2.60. The van der Waals surface area contributed by atoms with Crippen LogP contribution in [0.5, 0.6) is 11.5 Å². The highest BCUT2D eigenvalue weighted by Gasteiger charge is 2.32. The van der Waals surface area contributed by atoms with Crippen LogP contribution in [0.3, 0.4) is 0 Å². The minimum Gasteiger partial charge on any atom is -0.453 e. The maximum Gasteiger partial charge on any atom is 0.416 e. The highest BCUT2D eigenvalue weighted by atomic mass is 79.9. The molecule has 0 unspecified atom stereocenters. The number of hydrogen-bond acceptors (Lipinski definition) is 1. The first-order chi connectivity index (χ1) is 9.81. The van der Waals surface area contributed by atoms with Gasteiger partial charge in [0.25, 0.3) is 0 Å². The zero-order valence-corrected chi connectivity index (χ0v) is 12.7. The minimum atomic E-state index is -4.67. The van der Waals surface area contributed by atoms with Crippen molar-refractivity contribution in [3.8, 4) is 11.5 Å². The van der Waals surface area contributed by atoms with Gasteiger partial charge in [0.2, 0.25) is 0 Å². The van der Waals surface area contributed by atoms with Crippen molar-refractivity contribution in [3.63, 3.8) is 0 Å². The number of alkyl halides is 4. The van der Waals surface area contributed by atoms with Crippen molar-refractivity contribution in [2.45, 2.75) is 11.5 Å². The molecule has 2 aromatic carbocycles. The molecule has 0 aliphatic rings. The summed E-state index contributed by atoms with van der Waals surface area (Å²) in [5, 5.41) is 0.125. The van der Waals surface area contributed by atoms with E-state index in [1.165, 1.54) is 0 Å². The summed E-state index contributed by atoms with van der Waals surface area (Å²) >= 11 is 8.95. The normalized spacial score (nSPS) is 11.5. The maximum absolute atomic E-state index is 13.8. The van der Waals surface area contributed by atoms with E-state index in [9.17, 15) is 17.6 Å². The summed E-state index contributed by atoms with van der Waals surface area (Å²) in [5.41, 5.74) is -0.289. The average Bonchev–Trinajstić information content (AvgIpc) is 2.42. The van der Waals surface area contributed by atoms with Crippen LogP contribution in [0.4, 0.5) is 17.6 Å². The molecule has 0 heterocycles. The van der Waals surface area contributed by atoms with Crippen LogP contribution in [0.2, 0.25) is 5.02 Å². The second-order valence-electron chi connectivity index (χ2n) is 4.15. The molecule has 0 saturated heterocycles. The SMILES string of the molecule is Fc1cc(C(F)(F)F)cc(Cl)c1Oc1cccc(CBr)c1. The van der Waals surface area contributed by atoms with E-state index >= 15 is 0 Å². The molecule has 21 heavy (non-hydrogen) atoms. The number of benzene rings is 2. The van der Waals surface area contributed by atoms with Crippen molar-refractivity contribution in [3.05, 3.63) is 58.4 Å². The van der Waals surface area contributed by atoms with E-state index < -0.39 is 28.3 Å². The van der Waals surface area contributed by atoms with Crippen molar-refractivity contribution in [2.75, 3.05) is 0 Å². The molecule has 0 spiro atoms. The molecule has 2 rings (SSSR count). The van der Waals surface area contributed by atoms with Crippen LogP contribution in [-0.2, 0) is 11.5 Å². The molecule has 0 amide bonds. The van der Waals surface area contributed by atoms with Crippen LogP contribution < -0.4 is 4.74 Å². The maximum atomic E-state index is 13.8. The molecule has 0 aliphatic heterocycles. The van der Waals surface area contributed by atoms with Gasteiger partial charge in [0, 0.05) is 5.33 Å². The van der Waals surface area contributed by atoms with E-state index in [1.54, 1.807) is 18.2 Å². The fourth-order valence-corrected chi connectivity index (χ4v) is 2.23. The summed E-state index contributed by atoms with van der Waals surface area (Å²) in [6.07, 6.45) is -4.67. The van der Waals surface area contributed by atoms with Gasteiger partial charge >= 0.3 is 6.18 Å². The molecule has 0 fully saturated rings. The molecule has 7 heteroatoms. The van der Waals surface area contributed by atoms with Gasteiger partial charge in [-0.15, -0.1) is 0 Å². The number of rotatable bonds is 3. The van der Waals surface area contributed by atoms with Crippen molar-refractivity contribution in [2.24, 2.45) is 0 Å². The molecular weight excluding hydrogens is 376 g/mol. The van der Waals surface area contributed by atoms with Crippen LogP contribution >= 0.6 is 27.5 Å². The third-order valence-corrected chi connectivity index (χ3v) is 3.53. The summed E-state index contributed by atoms with van der Waals surface area (Å²) in [5.74, 6) is -1.32. The number of ether oxygens (including phenoxy) is 1. The van der Waals surface area contributed by atoms with E-state index in [0.29, 0.717) is 17.5 Å². The van der Waals surface area contributed by atoms with Crippen molar-refractivity contribution >= 4 is 27.5 Å². The Hall–Kier alpha value is -1.27. The van der Waals surface area contributed by atoms with E-state index in [-0.39, 0.29) is 5.75 Å².